The van der Waals surface area contributed by atoms with Crippen LogP contribution in [0.15, 0.2) is 4.99 Å². The highest BCUT2D eigenvalue weighted by Gasteiger charge is 2.09. The Labute approximate surface area is 43.8 Å². The number of likely N-dealkylation sites (N-methyl/N-ethyl adjacent to an activating group) is 1. The summed E-state index contributed by atoms with van der Waals surface area (Å²) in [5.74, 6) is 0. The number of nitrogens with zero attached hydrogens (tertiary/aromatic N) is 2. The van der Waals surface area contributed by atoms with Gasteiger partial charge >= 0.3 is 0 Å². The average Bonchev–Trinajstić information content (AvgIpc) is 1.91. The zero-order valence-corrected chi connectivity index (χ0v) is 4.68. The lowest BCUT2D eigenvalue weighted by atomic mass is 10.3. The molecule has 0 N–H and O–H groups in total. The fourth-order valence-electron chi connectivity index (χ4n) is 0.506. The largest absolute Gasteiger partial charge is 0.352 e. The van der Waals surface area contributed by atoms with E-state index in [4.69, 9.17) is 0 Å². The van der Waals surface area contributed by atoms with Gasteiger partial charge in [0.05, 0.1) is 6.54 Å². The second-order valence-corrected chi connectivity index (χ2v) is 1.90. The highest BCUT2D eigenvalue weighted by atomic mass is 15.2. The SMILES string of the molecule is CC1CN=[C]N1C. The van der Waals surface area contributed by atoms with Crippen molar-refractivity contribution in [3.05, 3.63) is 0 Å². The smallest absolute Gasteiger partial charge is 0.167 e. The molecule has 0 spiro atoms. The van der Waals surface area contributed by atoms with Crippen molar-refractivity contribution in [3.63, 3.8) is 0 Å². The molecule has 1 aliphatic rings. The molecular formula is C5H9N2. The first-order chi connectivity index (χ1) is 3.30. The van der Waals surface area contributed by atoms with Crippen molar-refractivity contribution >= 4 is 6.34 Å². The number of aliphatic imine (C=N–C) groups is 1. The van der Waals surface area contributed by atoms with Crippen molar-refractivity contribution in [2.24, 2.45) is 4.99 Å². The monoisotopic (exact) mass is 97.1 g/mol. The van der Waals surface area contributed by atoms with Crippen molar-refractivity contribution in [2.45, 2.75) is 13.0 Å². The summed E-state index contributed by atoms with van der Waals surface area (Å²) >= 11 is 0. The molecule has 1 radical (unpaired) electrons. The highest BCUT2D eigenvalue weighted by Crippen LogP contribution is 1.98. The minimum absolute atomic E-state index is 0.569. The number of hydrogen-bond donors (Lipinski definition) is 0. The Morgan fingerprint density at radius 1 is 1.86 bits per heavy atom. The van der Waals surface area contributed by atoms with Gasteiger partial charge in [-0.05, 0) is 6.92 Å². The topological polar surface area (TPSA) is 15.6 Å². The van der Waals surface area contributed by atoms with Crippen LogP contribution in [-0.2, 0) is 0 Å². The van der Waals surface area contributed by atoms with Crippen molar-refractivity contribution in [3.8, 4) is 0 Å². The Hall–Kier alpha value is -0.530. The molecule has 2 heteroatoms. The molecule has 1 unspecified atom stereocenters. The first-order valence-electron chi connectivity index (χ1n) is 2.45. The van der Waals surface area contributed by atoms with Crippen molar-refractivity contribution in [2.75, 3.05) is 13.6 Å². The van der Waals surface area contributed by atoms with E-state index in [2.05, 4.69) is 18.3 Å². The predicted molar refractivity (Wildman–Crippen MR) is 29.5 cm³/mol. The normalized spacial score (nSPS) is 29.4. The van der Waals surface area contributed by atoms with Gasteiger partial charge in [-0.1, -0.05) is 0 Å². The lowest BCUT2D eigenvalue weighted by Crippen LogP contribution is -2.23. The van der Waals surface area contributed by atoms with Crippen LogP contribution in [0.3, 0.4) is 0 Å². The summed E-state index contributed by atoms with van der Waals surface area (Å²) in [4.78, 5) is 5.91. The van der Waals surface area contributed by atoms with Gasteiger partial charge in [-0.15, -0.1) is 0 Å². The third kappa shape index (κ3) is 0.734. The van der Waals surface area contributed by atoms with E-state index in [9.17, 15) is 0 Å². The molecule has 2 nitrogen and oxygen atoms in total. The summed E-state index contributed by atoms with van der Waals surface area (Å²) < 4.78 is 0. The minimum atomic E-state index is 0.569. The van der Waals surface area contributed by atoms with Gasteiger partial charge in [-0.2, -0.15) is 0 Å². The molecule has 0 aliphatic carbocycles. The van der Waals surface area contributed by atoms with Gasteiger partial charge < -0.3 is 4.90 Å². The third-order valence-corrected chi connectivity index (χ3v) is 1.25. The van der Waals surface area contributed by atoms with Crippen LogP contribution in [0.4, 0.5) is 0 Å². The third-order valence-electron chi connectivity index (χ3n) is 1.25. The second kappa shape index (κ2) is 1.52. The second-order valence-electron chi connectivity index (χ2n) is 1.90. The van der Waals surface area contributed by atoms with Crippen LogP contribution in [-0.4, -0.2) is 30.9 Å². The molecule has 39 valence electrons. The Kier molecular flexibility index (Phi) is 1.01. The maximum absolute atomic E-state index is 3.92. The van der Waals surface area contributed by atoms with Crippen LogP contribution in [0.5, 0.6) is 0 Å². The molecule has 1 aliphatic heterocycles. The van der Waals surface area contributed by atoms with E-state index in [1.165, 1.54) is 0 Å². The van der Waals surface area contributed by atoms with E-state index in [-0.39, 0.29) is 0 Å². The maximum Gasteiger partial charge on any atom is 0.167 e. The van der Waals surface area contributed by atoms with Gasteiger partial charge in [0, 0.05) is 13.1 Å². The summed E-state index contributed by atoms with van der Waals surface area (Å²) in [5, 5.41) is 0. The van der Waals surface area contributed by atoms with Gasteiger partial charge in [0.1, 0.15) is 0 Å². The molecular weight excluding hydrogens is 88.1 g/mol. The molecule has 0 fully saturated rings. The van der Waals surface area contributed by atoms with Gasteiger partial charge in [0.25, 0.3) is 0 Å². The Balaban J connectivity index is 2.45. The van der Waals surface area contributed by atoms with Gasteiger partial charge in [-0.25, -0.2) is 0 Å². The van der Waals surface area contributed by atoms with Gasteiger partial charge in [-0.3, -0.25) is 4.99 Å². The highest BCUT2D eigenvalue weighted by molar-refractivity contribution is 5.57. The molecule has 0 saturated carbocycles. The summed E-state index contributed by atoms with van der Waals surface area (Å²) in [6, 6.07) is 0.569. The fourth-order valence-corrected chi connectivity index (χ4v) is 0.506. The van der Waals surface area contributed by atoms with Crippen LogP contribution in [0, 0.1) is 0 Å². The number of hydrogen-bond acceptors (Lipinski definition) is 2. The zero-order valence-electron chi connectivity index (χ0n) is 4.68. The van der Waals surface area contributed by atoms with Crippen LogP contribution >= 0.6 is 0 Å². The maximum atomic E-state index is 3.92. The van der Waals surface area contributed by atoms with Crippen molar-refractivity contribution < 1.29 is 0 Å². The van der Waals surface area contributed by atoms with E-state index in [1.54, 1.807) is 0 Å². The van der Waals surface area contributed by atoms with E-state index in [1.807, 2.05) is 11.9 Å². The quantitative estimate of drug-likeness (QED) is 0.422. The summed E-state index contributed by atoms with van der Waals surface area (Å²) in [6.45, 7) is 3.04. The Bertz CT molecular complexity index is 88.1. The number of rotatable bonds is 0. The molecule has 1 rings (SSSR count). The average molecular weight is 97.1 g/mol. The Morgan fingerprint density at radius 2 is 2.57 bits per heavy atom. The molecule has 1 heterocycles. The predicted octanol–water partition coefficient (Wildman–Crippen LogP) is 0.226. The van der Waals surface area contributed by atoms with Gasteiger partial charge in [0.15, 0.2) is 6.34 Å². The van der Waals surface area contributed by atoms with Crippen molar-refractivity contribution in [1.82, 2.24) is 4.90 Å². The summed E-state index contributed by atoms with van der Waals surface area (Å²) in [6.07, 6.45) is 2.83. The standard InChI is InChI=1S/C5H9N2/c1-5-3-6-4-7(5)2/h5H,3H2,1-2H3. The molecule has 0 amide bonds. The molecule has 0 aromatic carbocycles. The van der Waals surface area contributed by atoms with Crippen LogP contribution in [0.1, 0.15) is 6.92 Å². The molecule has 0 aromatic rings. The van der Waals surface area contributed by atoms with Crippen LogP contribution < -0.4 is 0 Å². The van der Waals surface area contributed by atoms with Crippen LogP contribution in [0.2, 0.25) is 0 Å². The summed E-state index contributed by atoms with van der Waals surface area (Å²) in [5.41, 5.74) is 0. The van der Waals surface area contributed by atoms with E-state index in [0.29, 0.717) is 6.04 Å². The van der Waals surface area contributed by atoms with Crippen LogP contribution in [0.25, 0.3) is 0 Å². The molecule has 1 atom stereocenters. The van der Waals surface area contributed by atoms with Gasteiger partial charge in [0.2, 0.25) is 0 Å². The van der Waals surface area contributed by atoms with E-state index in [0.717, 1.165) is 6.54 Å². The lowest BCUT2D eigenvalue weighted by Gasteiger charge is -2.10. The first kappa shape index (κ1) is 4.62. The summed E-state index contributed by atoms with van der Waals surface area (Å²) in [7, 11) is 1.99. The lowest BCUT2D eigenvalue weighted by molar-refractivity contribution is 0.441. The zero-order chi connectivity index (χ0) is 5.28. The van der Waals surface area contributed by atoms with E-state index < -0.39 is 0 Å². The molecule has 7 heavy (non-hydrogen) atoms. The minimum Gasteiger partial charge on any atom is -0.352 e. The molecule has 0 aromatic heterocycles. The molecule has 0 bridgehead atoms. The van der Waals surface area contributed by atoms with E-state index >= 15 is 0 Å². The molecule has 0 saturated heterocycles. The first-order valence-corrected chi connectivity index (χ1v) is 2.45. The van der Waals surface area contributed by atoms with Crippen molar-refractivity contribution in [1.29, 1.82) is 0 Å². The Morgan fingerprint density at radius 3 is 2.71 bits per heavy atom. The fraction of sp³-hybridized carbons (Fsp3) is 0.800.